The van der Waals surface area contributed by atoms with Crippen molar-refractivity contribution < 1.29 is 4.79 Å². The van der Waals surface area contributed by atoms with Crippen molar-refractivity contribution >= 4 is 17.7 Å². The molecule has 20 heavy (non-hydrogen) atoms. The number of hydrogen-bond donors (Lipinski definition) is 1. The normalized spacial score (nSPS) is 13.3. The predicted molar refractivity (Wildman–Crippen MR) is 74.8 cm³/mol. The van der Waals surface area contributed by atoms with E-state index in [-0.39, 0.29) is 5.91 Å². The molecule has 0 saturated heterocycles. The molecule has 5 nitrogen and oxygen atoms in total. The van der Waals surface area contributed by atoms with Crippen molar-refractivity contribution in [2.24, 2.45) is 0 Å². The highest BCUT2D eigenvalue weighted by Gasteiger charge is 2.12. The summed E-state index contributed by atoms with van der Waals surface area (Å²) in [7, 11) is 0. The van der Waals surface area contributed by atoms with Crippen LogP contribution >= 0.6 is 0 Å². The summed E-state index contributed by atoms with van der Waals surface area (Å²) in [6, 6.07) is 3.84. The van der Waals surface area contributed by atoms with Gasteiger partial charge < -0.3 is 5.32 Å². The maximum absolute atomic E-state index is 12.2. The molecule has 1 aliphatic rings. The van der Waals surface area contributed by atoms with Crippen molar-refractivity contribution in [3.05, 3.63) is 52.7 Å². The Labute approximate surface area is 116 Å². The molecule has 1 N–H and O–H groups in total. The smallest absolute Gasteiger partial charge is 0.275 e. The van der Waals surface area contributed by atoms with Gasteiger partial charge in [-0.1, -0.05) is 6.08 Å². The SMILES string of the molecule is Cc1cnc(C(=O)NC2=c3cccnc3=CCC2)cn1. The number of pyridine rings is 1. The molecular weight excluding hydrogens is 252 g/mol. The molecule has 1 aliphatic carbocycles. The maximum Gasteiger partial charge on any atom is 0.275 e. The zero-order chi connectivity index (χ0) is 13.9. The molecule has 0 aromatic carbocycles. The minimum atomic E-state index is -0.232. The van der Waals surface area contributed by atoms with Gasteiger partial charge in [0.05, 0.1) is 17.2 Å². The zero-order valence-corrected chi connectivity index (χ0v) is 11.1. The van der Waals surface area contributed by atoms with Gasteiger partial charge in [-0.3, -0.25) is 14.8 Å². The zero-order valence-electron chi connectivity index (χ0n) is 11.1. The monoisotopic (exact) mass is 266 g/mol. The molecule has 0 unspecified atom stereocenters. The first-order valence-corrected chi connectivity index (χ1v) is 6.48. The van der Waals surface area contributed by atoms with Crippen molar-refractivity contribution in [2.45, 2.75) is 19.8 Å². The van der Waals surface area contributed by atoms with Gasteiger partial charge in [0.15, 0.2) is 0 Å². The fraction of sp³-hybridized carbons (Fsp3) is 0.200. The lowest BCUT2D eigenvalue weighted by atomic mass is 10.1. The van der Waals surface area contributed by atoms with Crippen molar-refractivity contribution in [1.82, 2.24) is 20.3 Å². The minimum Gasteiger partial charge on any atom is -0.324 e. The summed E-state index contributed by atoms with van der Waals surface area (Å²) >= 11 is 0. The topological polar surface area (TPSA) is 67.8 Å². The van der Waals surface area contributed by atoms with Crippen LogP contribution in [-0.4, -0.2) is 20.9 Å². The molecule has 2 heterocycles. The summed E-state index contributed by atoms with van der Waals surface area (Å²) in [6.45, 7) is 1.84. The van der Waals surface area contributed by atoms with Crippen molar-refractivity contribution in [3.8, 4) is 0 Å². The molecule has 100 valence electrons. The highest BCUT2D eigenvalue weighted by molar-refractivity contribution is 5.96. The lowest BCUT2D eigenvalue weighted by molar-refractivity contribution is 0.0967. The van der Waals surface area contributed by atoms with Gasteiger partial charge in [0.2, 0.25) is 0 Å². The van der Waals surface area contributed by atoms with Crippen molar-refractivity contribution in [1.29, 1.82) is 0 Å². The number of nitrogens with zero attached hydrogens (tertiary/aromatic N) is 3. The van der Waals surface area contributed by atoms with E-state index in [1.807, 2.05) is 19.1 Å². The van der Waals surface area contributed by atoms with Crippen molar-refractivity contribution in [2.75, 3.05) is 0 Å². The van der Waals surface area contributed by atoms with Gasteiger partial charge in [0, 0.05) is 23.3 Å². The molecule has 0 bridgehead atoms. The fourth-order valence-electron chi connectivity index (χ4n) is 2.16. The summed E-state index contributed by atoms with van der Waals surface area (Å²) in [5.74, 6) is -0.232. The minimum absolute atomic E-state index is 0.232. The number of aryl methyl sites for hydroxylation is 1. The molecule has 1 amide bonds. The average molecular weight is 266 g/mol. The fourth-order valence-corrected chi connectivity index (χ4v) is 2.16. The molecule has 3 rings (SSSR count). The number of carbonyl (C=O) groups is 1. The van der Waals surface area contributed by atoms with Crippen LogP contribution in [0.2, 0.25) is 0 Å². The Morgan fingerprint density at radius 2 is 2.15 bits per heavy atom. The lowest BCUT2D eigenvalue weighted by Gasteiger charge is -2.12. The van der Waals surface area contributed by atoms with Gasteiger partial charge in [0.25, 0.3) is 5.91 Å². The summed E-state index contributed by atoms with van der Waals surface area (Å²) in [6.07, 6.45) is 8.58. The van der Waals surface area contributed by atoms with Crippen LogP contribution in [0.5, 0.6) is 0 Å². The van der Waals surface area contributed by atoms with E-state index in [1.165, 1.54) is 6.20 Å². The number of fused-ring (bicyclic) bond motifs is 1. The molecule has 2 aromatic heterocycles. The van der Waals surface area contributed by atoms with Gasteiger partial charge in [-0.15, -0.1) is 0 Å². The van der Waals surface area contributed by atoms with Crippen LogP contribution < -0.4 is 15.9 Å². The van der Waals surface area contributed by atoms with Crippen LogP contribution in [0.1, 0.15) is 29.0 Å². The average Bonchev–Trinajstić information content (AvgIpc) is 2.48. The first kappa shape index (κ1) is 12.5. The number of rotatable bonds is 2. The van der Waals surface area contributed by atoms with E-state index in [4.69, 9.17) is 0 Å². The third kappa shape index (κ3) is 2.42. The molecule has 0 saturated carbocycles. The van der Waals surface area contributed by atoms with Crippen molar-refractivity contribution in [3.63, 3.8) is 0 Å². The van der Waals surface area contributed by atoms with Gasteiger partial charge in [-0.05, 0) is 31.9 Å². The number of aromatic nitrogens is 3. The molecule has 5 heteroatoms. The Balaban J connectivity index is 1.94. The second-order valence-electron chi connectivity index (χ2n) is 4.65. The van der Waals surface area contributed by atoms with Gasteiger partial charge in [-0.2, -0.15) is 0 Å². The Morgan fingerprint density at radius 3 is 2.95 bits per heavy atom. The Bertz CT molecular complexity index is 765. The van der Waals surface area contributed by atoms with Gasteiger partial charge in [-0.25, -0.2) is 4.98 Å². The number of hydrogen-bond acceptors (Lipinski definition) is 4. The number of carbonyl (C=O) groups excluding carboxylic acids is 1. The standard InChI is InChI=1S/C15H14N4O/c1-10-8-18-14(9-17-10)15(20)19-13-6-2-5-12-11(13)4-3-7-16-12/h3-5,7-9H,2,6H2,1H3,(H,19,20). The number of nitrogens with one attached hydrogen (secondary N) is 1. The predicted octanol–water partition coefficient (Wildman–Crippen LogP) is 0.293. The van der Waals surface area contributed by atoms with Crippen LogP contribution in [0.3, 0.4) is 0 Å². The van der Waals surface area contributed by atoms with E-state index in [0.717, 1.165) is 34.8 Å². The molecule has 0 atom stereocenters. The summed E-state index contributed by atoms with van der Waals surface area (Å²) in [5, 5.41) is 4.83. The van der Waals surface area contributed by atoms with Crippen LogP contribution in [0.25, 0.3) is 11.8 Å². The third-order valence-electron chi connectivity index (χ3n) is 3.17. The Morgan fingerprint density at radius 1 is 1.25 bits per heavy atom. The maximum atomic E-state index is 12.2. The lowest BCUT2D eigenvalue weighted by Crippen LogP contribution is -2.38. The van der Waals surface area contributed by atoms with E-state index >= 15 is 0 Å². The first-order valence-electron chi connectivity index (χ1n) is 6.48. The van der Waals surface area contributed by atoms with Gasteiger partial charge in [0.1, 0.15) is 5.69 Å². The second kappa shape index (κ2) is 5.21. The van der Waals surface area contributed by atoms with E-state index in [1.54, 1.807) is 12.4 Å². The summed E-state index contributed by atoms with van der Waals surface area (Å²) in [4.78, 5) is 24.6. The summed E-state index contributed by atoms with van der Waals surface area (Å²) < 4.78 is 0. The third-order valence-corrected chi connectivity index (χ3v) is 3.17. The molecular formula is C15H14N4O. The van der Waals surface area contributed by atoms with Gasteiger partial charge >= 0.3 is 0 Å². The molecule has 0 fully saturated rings. The Hall–Kier alpha value is -2.56. The van der Waals surface area contributed by atoms with E-state index in [0.29, 0.717) is 5.69 Å². The van der Waals surface area contributed by atoms with Crippen LogP contribution in [0.15, 0.2) is 30.7 Å². The highest BCUT2D eigenvalue weighted by Crippen LogP contribution is 2.05. The molecule has 2 aromatic rings. The van der Waals surface area contributed by atoms with E-state index < -0.39 is 0 Å². The van der Waals surface area contributed by atoms with Crippen LogP contribution in [-0.2, 0) is 0 Å². The molecule has 0 radical (unpaired) electrons. The van der Waals surface area contributed by atoms with Crippen LogP contribution in [0.4, 0.5) is 0 Å². The van der Waals surface area contributed by atoms with E-state index in [2.05, 4.69) is 26.3 Å². The first-order chi connectivity index (χ1) is 9.74. The van der Waals surface area contributed by atoms with E-state index in [9.17, 15) is 4.79 Å². The summed E-state index contributed by atoms with van der Waals surface area (Å²) in [5.41, 5.74) is 2.00. The molecule has 0 aliphatic heterocycles. The quantitative estimate of drug-likeness (QED) is 0.848. The van der Waals surface area contributed by atoms with Crippen LogP contribution in [0, 0.1) is 6.92 Å². The largest absolute Gasteiger partial charge is 0.324 e. The second-order valence-corrected chi connectivity index (χ2v) is 4.65. The highest BCUT2D eigenvalue weighted by atomic mass is 16.1. The number of amides is 1. The molecule has 0 spiro atoms. The Kier molecular flexibility index (Phi) is 3.25.